The first-order valence-corrected chi connectivity index (χ1v) is 7.47. The van der Waals surface area contributed by atoms with Gasteiger partial charge in [0.15, 0.2) is 11.2 Å². The number of aliphatic hydroxyl groups excluding tert-OH is 1. The van der Waals surface area contributed by atoms with Crippen molar-refractivity contribution in [3.05, 3.63) is 20.8 Å². The van der Waals surface area contributed by atoms with Gasteiger partial charge in [-0.1, -0.05) is 0 Å². The zero-order valence-corrected chi connectivity index (χ0v) is 14.2. The summed E-state index contributed by atoms with van der Waals surface area (Å²) in [5.41, 5.74) is -0.227. The van der Waals surface area contributed by atoms with E-state index in [4.69, 9.17) is 0 Å². The Hall–Kier alpha value is -2.13. The van der Waals surface area contributed by atoms with Gasteiger partial charge < -0.3 is 19.9 Å². The molecular formula is C14H24N6O3. The van der Waals surface area contributed by atoms with Crippen LogP contribution in [-0.4, -0.2) is 62.0 Å². The van der Waals surface area contributed by atoms with Gasteiger partial charge in [0.05, 0.1) is 12.6 Å². The van der Waals surface area contributed by atoms with E-state index in [1.165, 1.54) is 11.6 Å². The number of fused-ring (bicyclic) bond motifs is 1. The van der Waals surface area contributed by atoms with E-state index in [0.717, 1.165) is 11.1 Å². The number of rotatable bonds is 6. The number of hydrogen-bond acceptors (Lipinski definition) is 6. The minimum absolute atomic E-state index is 0.217. The molecule has 0 aromatic carbocycles. The van der Waals surface area contributed by atoms with E-state index in [2.05, 4.69) is 10.3 Å². The van der Waals surface area contributed by atoms with E-state index in [1.54, 1.807) is 18.5 Å². The number of hydrogen-bond donors (Lipinski definition) is 2. The maximum Gasteiger partial charge on any atom is 0.332 e. The van der Waals surface area contributed by atoms with E-state index >= 15 is 0 Å². The van der Waals surface area contributed by atoms with Crippen molar-refractivity contribution in [3.8, 4) is 0 Å². The predicted molar refractivity (Wildman–Crippen MR) is 88.9 cm³/mol. The zero-order chi connectivity index (χ0) is 17.3. The molecule has 2 aromatic rings. The second-order valence-corrected chi connectivity index (χ2v) is 6.00. The minimum Gasteiger partial charge on any atom is -0.392 e. The molecule has 2 N–H and O–H groups in total. The molecule has 23 heavy (non-hydrogen) atoms. The van der Waals surface area contributed by atoms with Crippen LogP contribution >= 0.6 is 0 Å². The SMILES string of the molecule is CC(O)Cn1c(NCCN(C)C)nc2c1c(=O)n(C)c(=O)n2C. The smallest absolute Gasteiger partial charge is 0.332 e. The third-order valence-electron chi connectivity index (χ3n) is 3.64. The fourth-order valence-electron chi connectivity index (χ4n) is 2.41. The lowest BCUT2D eigenvalue weighted by Crippen LogP contribution is -2.37. The van der Waals surface area contributed by atoms with Crippen LogP contribution in [0.5, 0.6) is 0 Å². The van der Waals surface area contributed by atoms with Crippen molar-refractivity contribution in [3.63, 3.8) is 0 Å². The van der Waals surface area contributed by atoms with Crippen molar-refractivity contribution in [1.29, 1.82) is 0 Å². The third kappa shape index (κ3) is 3.30. The summed E-state index contributed by atoms with van der Waals surface area (Å²) in [7, 11) is 6.93. The number of aromatic nitrogens is 4. The summed E-state index contributed by atoms with van der Waals surface area (Å²) < 4.78 is 4.02. The molecule has 0 bridgehead atoms. The number of imidazole rings is 1. The van der Waals surface area contributed by atoms with Crippen LogP contribution in [0.3, 0.4) is 0 Å². The minimum atomic E-state index is -0.649. The first-order valence-electron chi connectivity index (χ1n) is 7.47. The Morgan fingerprint density at radius 2 is 1.91 bits per heavy atom. The lowest BCUT2D eigenvalue weighted by Gasteiger charge is -2.14. The summed E-state index contributed by atoms with van der Waals surface area (Å²) in [5.74, 6) is 0.473. The van der Waals surface area contributed by atoms with Crippen molar-refractivity contribution in [2.24, 2.45) is 14.1 Å². The summed E-state index contributed by atoms with van der Waals surface area (Å²) >= 11 is 0. The van der Waals surface area contributed by atoms with Gasteiger partial charge in [0.25, 0.3) is 5.56 Å². The van der Waals surface area contributed by atoms with Crippen LogP contribution in [0.25, 0.3) is 11.2 Å². The Balaban J connectivity index is 2.62. The maximum absolute atomic E-state index is 12.5. The van der Waals surface area contributed by atoms with Crippen LogP contribution < -0.4 is 16.6 Å². The number of anilines is 1. The van der Waals surface area contributed by atoms with Gasteiger partial charge in [0, 0.05) is 27.2 Å². The molecule has 0 radical (unpaired) electrons. The molecule has 9 nitrogen and oxygen atoms in total. The number of aryl methyl sites for hydroxylation is 1. The largest absolute Gasteiger partial charge is 0.392 e. The fraction of sp³-hybridized carbons (Fsp3) is 0.643. The highest BCUT2D eigenvalue weighted by Gasteiger charge is 2.19. The Labute approximate surface area is 133 Å². The van der Waals surface area contributed by atoms with Crippen LogP contribution in [0.2, 0.25) is 0 Å². The Morgan fingerprint density at radius 1 is 1.26 bits per heavy atom. The fourth-order valence-corrected chi connectivity index (χ4v) is 2.41. The van der Waals surface area contributed by atoms with E-state index in [1.807, 2.05) is 19.0 Å². The molecule has 0 aliphatic rings. The molecule has 0 aliphatic heterocycles. The zero-order valence-electron chi connectivity index (χ0n) is 14.2. The van der Waals surface area contributed by atoms with E-state index in [0.29, 0.717) is 23.7 Å². The second kappa shape index (κ2) is 6.55. The van der Waals surface area contributed by atoms with Crippen LogP contribution in [-0.2, 0) is 20.6 Å². The number of aliphatic hydroxyl groups is 1. The van der Waals surface area contributed by atoms with Crippen molar-refractivity contribution < 1.29 is 5.11 Å². The molecule has 0 saturated carbocycles. The van der Waals surface area contributed by atoms with Gasteiger partial charge in [-0.2, -0.15) is 4.98 Å². The molecule has 1 unspecified atom stereocenters. The highest BCUT2D eigenvalue weighted by atomic mass is 16.3. The molecule has 2 aromatic heterocycles. The standard InChI is InChI=1S/C14H24N6O3/c1-9(21)8-20-10-11(16-13(20)15-6-7-17(2)3)18(4)14(23)19(5)12(10)22/h9,21H,6-8H2,1-5H3,(H,15,16). The van der Waals surface area contributed by atoms with E-state index < -0.39 is 17.4 Å². The van der Waals surface area contributed by atoms with E-state index in [9.17, 15) is 14.7 Å². The average molecular weight is 324 g/mol. The number of nitrogens with zero attached hydrogens (tertiary/aromatic N) is 5. The van der Waals surface area contributed by atoms with Gasteiger partial charge in [0.1, 0.15) is 0 Å². The molecule has 0 saturated heterocycles. The Kier molecular flexibility index (Phi) is 4.90. The van der Waals surface area contributed by atoms with Crippen LogP contribution in [0.15, 0.2) is 9.59 Å². The number of nitrogens with one attached hydrogen (secondary N) is 1. The van der Waals surface area contributed by atoms with Crippen LogP contribution in [0.1, 0.15) is 6.92 Å². The van der Waals surface area contributed by atoms with Crippen molar-refractivity contribution in [2.75, 3.05) is 32.5 Å². The average Bonchev–Trinajstić information content (AvgIpc) is 2.81. The van der Waals surface area contributed by atoms with Crippen molar-refractivity contribution in [2.45, 2.75) is 19.6 Å². The second-order valence-electron chi connectivity index (χ2n) is 6.00. The molecule has 2 rings (SSSR count). The summed E-state index contributed by atoms with van der Waals surface area (Å²) in [5, 5.41) is 12.9. The van der Waals surface area contributed by atoms with E-state index in [-0.39, 0.29) is 6.54 Å². The van der Waals surface area contributed by atoms with Crippen molar-refractivity contribution in [1.82, 2.24) is 23.6 Å². The first kappa shape index (κ1) is 17.2. The lowest BCUT2D eigenvalue weighted by atomic mass is 10.4. The normalized spacial score (nSPS) is 13.0. The molecule has 9 heteroatoms. The van der Waals surface area contributed by atoms with Gasteiger partial charge >= 0.3 is 5.69 Å². The lowest BCUT2D eigenvalue weighted by molar-refractivity contribution is 0.175. The van der Waals surface area contributed by atoms with Gasteiger partial charge in [-0.15, -0.1) is 0 Å². The Bertz CT molecular complexity index is 814. The molecule has 0 spiro atoms. The van der Waals surface area contributed by atoms with Crippen LogP contribution in [0, 0.1) is 0 Å². The highest BCUT2D eigenvalue weighted by molar-refractivity contribution is 5.74. The topological polar surface area (TPSA) is 97.3 Å². The summed E-state index contributed by atoms with van der Waals surface area (Å²) in [6.45, 7) is 3.27. The van der Waals surface area contributed by atoms with Crippen molar-refractivity contribution >= 4 is 17.1 Å². The molecule has 0 amide bonds. The van der Waals surface area contributed by atoms with Gasteiger partial charge in [-0.05, 0) is 21.0 Å². The Morgan fingerprint density at radius 3 is 2.48 bits per heavy atom. The summed E-state index contributed by atoms with van der Waals surface area (Å²) in [4.78, 5) is 30.9. The van der Waals surface area contributed by atoms with Gasteiger partial charge in [0.2, 0.25) is 5.95 Å². The van der Waals surface area contributed by atoms with Gasteiger partial charge in [-0.25, -0.2) is 4.79 Å². The van der Waals surface area contributed by atoms with Gasteiger partial charge in [-0.3, -0.25) is 13.9 Å². The monoisotopic (exact) mass is 324 g/mol. The number of likely N-dealkylation sites (N-methyl/N-ethyl adjacent to an activating group) is 1. The summed E-state index contributed by atoms with van der Waals surface area (Å²) in [6.07, 6.45) is -0.649. The molecule has 1 atom stereocenters. The molecule has 128 valence electrons. The van der Waals surface area contributed by atoms with Crippen LogP contribution in [0.4, 0.5) is 5.95 Å². The molecule has 2 heterocycles. The quantitative estimate of drug-likeness (QED) is 0.692. The first-order chi connectivity index (χ1) is 10.7. The third-order valence-corrected chi connectivity index (χ3v) is 3.64. The molecule has 0 aliphatic carbocycles. The predicted octanol–water partition coefficient (Wildman–Crippen LogP) is -1.21. The summed E-state index contributed by atoms with van der Waals surface area (Å²) in [6, 6.07) is 0. The maximum atomic E-state index is 12.5. The highest BCUT2D eigenvalue weighted by Crippen LogP contribution is 2.16. The molecule has 0 fully saturated rings. The molecular weight excluding hydrogens is 300 g/mol.